The Bertz CT molecular complexity index is 2890. The third-order valence-corrected chi connectivity index (χ3v) is 12.7. The SMILES string of the molecule is COc1ccc(F)cc1C(=O)NCc1ccc(-c2nn(-c3ccc(N4CCN(CC5CN(c6ccc7c(c6)C(=O)N(C6CCC(=O)NC6=O)C7=O)C5)CC4)cc3)c3ncnc(N)c23)cc1. The molecule has 330 valence electrons. The summed E-state index contributed by atoms with van der Waals surface area (Å²) in [7, 11) is 1.43. The molecule has 4 aliphatic heterocycles. The first-order chi connectivity index (χ1) is 31.5. The minimum absolute atomic E-state index is 0.0814. The number of methoxy groups -OCH3 is 1. The highest BCUT2D eigenvalue weighted by atomic mass is 19.1. The van der Waals surface area contributed by atoms with Crippen LogP contribution >= 0.6 is 0 Å². The van der Waals surface area contributed by atoms with Gasteiger partial charge in [-0.2, -0.15) is 5.10 Å². The number of aromatic nitrogens is 4. The Labute approximate surface area is 371 Å². The number of ether oxygens (including phenoxy) is 1. The van der Waals surface area contributed by atoms with E-state index in [4.69, 9.17) is 15.6 Å². The zero-order chi connectivity index (χ0) is 44.9. The Morgan fingerprint density at radius 1 is 0.846 bits per heavy atom. The van der Waals surface area contributed by atoms with Crippen molar-refractivity contribution in [1.82, 2.24) is 40.2 Å². The molecule has 0 saturated carbocycles. The predicted octanol–water partition coefficient (Wildman–Crippen LogP) is 3.80. The Hall–Kier alpha value is -7.73. The van der Waals surface area contributed by atoms with Crippen LogP contribution in [-0.4, -0.2) is 118 Å². The van der Waals surface area contributed by atoms with Gasteiger partial charge in [0.15, 0.2) is 5.65 Å². The van der Waals surface area contributed by atoms with E-state index in [-0.39, 0.29) is 36.3 Å². The molecule has 4 aromatic carbocycles. The summed E-state index contributed by atoms with van der Waals surface area (Å²) in [5, 5.41) is 10.7. The van der Waals surface area contributed by atoms with Crippen LogP contribution in [0.15, 0.2) is 91.3 Å². The van der Waals surface area contributed by atoms with Crippen LogP contribution in [-0.2, 0) is 16.1 Å². The molecule has 0 bridgehead atoms. The second-order valence-corrected chi connectivity index (χ2v) is 16.7. The zero-order valence-electron chi connectivity index (χ0n) is 35.4. The molecular weight excluding hydrogens is 834 g/mol. The lowest BCUT2D eigenvalue weighted by Gasteiger charge is -2.45. The number of halogens is 1. The van der Waals surface area contributed by atoms with E-state index in [0.717, 1.165) is 85.0 Å². The van der Waals surface area contributed by atoms with Gasteiger partial charge in [0.1, 0.15) is 35.4 Å². The van der Waals surface area contributed by atoms with Crippen LogP contribution in [0.3, 0.4) is 0 Å². The van der Waals surface area contributed by atoms with E-state index in [9.17, 15) is 28.4 Å². The van der Waals surface area contributed by atoms with E-state index in [1.165, 1.54) is 25.6 Å². The lowest BCUT2D eigenvalue weighted by atomic mass is 9.97. The number of fused-ring (bicyclic) bond motifs is 2. The fourth-order valence-electron chi connectivity index (χ4n) is 9.18. The minimum atomic E-state index is -0.985. The zero-order valence-corrected chi connectivity index (χ0v) is 35.4. The predicted molar refractivity (Wildman–Crippen MR) is 238 cm³/mol. The Morgan fingerprint density at radius 2 is 1.57 bits per heavy atom. The molecule has 1 atom stereocenters. The van der Waals surface area contributed by atoms with Crippen LogP contribution in [0, 0.1) is 11.7 Å². The van der Waals surface area contributed by atoms with E-state index in [1.807, 2.05) is 42.5 Å². The highest BCUT2D eigenvalue weighted by Crippen LogP contribution is 2.35. The van der Waals surface area contributed by atoms with Gasteiger partial charge in [-0.3, -0.25) is 39.1 Å². The Morgan fingerprint density at radius 3 is 2.31 bits per heavy atom. The van der Waals surface area contributed by atoms with Crippen molar-refractivity contribution >= 4 is 57.8 Å². The van der Waals surface area contributed by atoms with Gasteiger partial charge >= 0.3 is 0 Å². The van der Waals surface area contributed by atoms with Crippen molar-refractivity contribution in [2.75, 3.05) is 68.5 Å². The summed E-state index contributed by atoms with van der Waals surface area (Å²) >= 11 is 0. The van der Waals surface area contributed by atoms with Crippen molar-refractivity contribution in [1.29, 1.82) is 0 Å². The van der Waals surface area contributed by atoms with Crippen molar-refractivity contribution < 1.29 is 33.1 Å². The van der Waals surface area contributed by atoms with E-state index >= 15 is 0 Å². The van der Waals surface area contributed by atoms with E-state index in [0.29, 0.717) is 34.0 Å². The monoisotopic (exact) mass is 877 g/mol. The van der Waals surface area contributed by atoms with Crippen molar-refractivity contribution in [3.05, 3.63) is 119 Å². The van der Waals surface area contributed by atoms with Crippen LogP contribution in [0.4, 0.5) is 21.6 Å². The van der Waals surface area contributed by atoms with Crippen LogP contribution in [0.5, 0.6) is 5.75 Å². The van der Waals surface area contributed by atoms with Gasteiger partial charge in [-0.05, 0) is 72.6 Å². The number of anilines is 3. The summed E-state index contributed by atoms with van der Waals surface area (Å²) in [6, 6.07) is 23.9. The molecule has 10 rings (SSSR count). The number of benzene rings is 4. The molecule has 3 fully saturated rings. The number of piperazine rings is 1. The maximum atomic E-state index is 13.8. The number of carbonyl (C=O) groups is 5. The van der Waals surface area contributed by atoms with Gasteiger partial charge in [0.2, 0.25) is 11.8 Å². The smallest absolute Gasteiger partial charge is 0.262 e. The number of hydrogen-bond donors (Lipinski definition) is 3. The van der Waals surface area contributed by atoms with Gasteiger partial charge in [-0.15, -0.1) is 0 Å². The number of nitrogens with two attached hydrogens (primary N) is 1. The van der Waals surface area contributed by atoms with Crippen molar-refractivity contribution in [3.8, 4) is 22.7 Å². The molecule has 4 aliphatic rings. The van der Waals surface area contributed by atoms with Gasteiger partial charge in [-0.1, -0.05) is 24.3 Å². The molecule has 18 heteroatoms. The second-order valence-electron chi connectivity index (χ2n) is 16.7. The number of nitrogen functional groups attached to an aromatic ring is 1. The molecule has 3 saturated heterocycles. The molecule has 6 aromatic rings. The van der Waals surface area contributed by atoms with Gasteiger partial charge < -0.3 is 25.6 Å². The first-order valence-electron chi connectivity index (χ1n) is 21.4. The topological polar surface area (TPSA) is 201 Å². The number of carbonyl (C=O) groups excluding carboxylic acids is 5. The number of hydrogen-bond acceptors (Lipinski definition) is 13. The van der Waals surface area contributed by atoms with Crippen molar-refractivity contribution in [2.24, 2.45) is 5.92 Å². The number of rotatable bonds is 11. The Kier molecular flexibility index (Phi) is 10.6. The molecule has 6 heterocycles. The molecular formula is C47H44FN11O6. The van der Waals surface area contributed by atoms with Crippen LogP contribution < -0.4 is 30.9 Å². The molecule has 17 nitrogen and oxygen atoms in total. The van der Waals surface area contributed by atoms with Gasteiger partial charge in [-0.25, -0.2) is 19.0 Å². The van der Waals surface area contributed by atoms with E-state index < -0.39 is 41.4 Å². The first-order valence-corrected chi connectivity index (χ1v) is 21.4. The molecule has 0 spiro atoms. The van der Waals surface area contributed by atoms with Crippen LogP contribution in [0.1, 0.15) is 49.5 Å². The van der Waals surface area contributed by atoms with E-state index in [1.54, 1.807) is 16.8 Å². The summed E-state index contributed by atoms with van der Waals surface area (Å²) in [5.41, 5.74) is 12.7. The molecule has 0 radical (unpaired) electrons. The third kappa shape index (κ3) is 7.75. The second kappa shape index (κ2) is 16.8. The standard InChI is InChI=1S/C47H44FN11O6/c1-65-38-14-6-30(48)20-36(38)44(61)50-22-27-2-4-29(5-3-27)41-40-42(49)51-26-52-43(40)59(54-41)32-9-7-31(8-10-32)56-18-16-55(17-19-56)23-28-24-57(25-28)33-11-12-34-35(21-33)47(64)58(46(34)63)37-13-15-39(60)53-45(37)62/h2-12,14,20-21,26,28,37H,13,15-19,22-25H2,1H3,(H,50,61)(H2,49,51,52)(H,53,60,62). The van der Waals surface area contributed by atoms with Crippen molar-refractivity contribution in [2.45, 2.75) is 25.4 Å². The summed E-state index contributed by atoms with van der Waals surface area (Å²) in [6.07, 6.45) is 1.63. The number of nitrogens with one attached hydrogen (secondary N) is 2. The summed E-state index contributed by atoms with van der Waals surface area (Å²) < 4.78 is 20.8. The fraction of sp³-hybridized carbons (Fsp3) is 0.277. The van der Waals surface area contributed by atoms with Gasteiger partial charge in [0.25, 0.3) is 17.7 Å². The molecule has 65 heavy (non-hydrogen) atoms. The molecule has 1 unspecified atom stereocenters. The molecule has 5 amide bonds. The average molecular weight is 878 g/mol. The summed E-state index contributed by atoms with van der Waals surface area (Å²) in [6.45, 7) is 6.42. The number of piperidine rings is 1. The maximum Gasteiger partial charge on any atom is 0.262 e. The average Bonchev–Trinajstić information content (AvgIpc) is 3.82. The number of nitrogens with zero attached hydrogens (tertiary/aromatic N) is 8. The number of imide groups is 2. The first kappa shape index (κ1) is 41.3. The highest BCUT2D eigenvalue weighted by Gasteiger charge is 2.45. The molecule has 4 N–H and O–H groups in total. The molecule has 2 aromatic heterocycles. The lowest BCUT2D eigenvalue weighted by molar-refractivity contribution is -0.136. The maximum absolute atomic E-state index is 13.8. The van der Waals surface area contributed by atoms with E-state index in [2.05, 4.69) is 47.4 Å². The van der Waals surface area contributed by atoms with Gasteiger partial charge in [0.05, 0.1) is 34.9 Å². The molecule has 0 aliphatic carbocycles. The summed E-state index contributed by atoms with van der Waals surface area (Å²) in [5.74, 6) is -1.95. The number of amides is 5. The fourth-order valence-corrected chi connectivity index (χ4v) is 9.18. The van der Waals surface area contributed by atoms with Crippen molar-refractivity contribution in [3.63, 3.8) is 0 Å². The lowest BCUT2D eigenvalue weighted by Crippen LogP contribution is -2.55. The highest BCUT2D eigenvalue weighted by molar-refractivity contribution is 6.23. The largest absolute Gasteiger partial charge is 0.496 e. The quantitative estimate of drug-likeness (QED) is 0.159. The van der Waals surface area contributed by atoms with Gasteiger partial charge in [0, 0.05) is 81.6 Å². The Balaban J connectivity index is 0.738. The van der Waals surface area contributed by atoms with Crippen LogP contribution in [0.25, 0.3) is 28.0 Å². The minimum Gasteiger partial charge on any atom is -0.496 e. The van der Waals surface area contributed by atoms with Crippen LogP contribution in [0.2, 0.25) is 0 Å². The summed E-state index contributed by atoms with van der Waals surface area (Å²) in [4.78, 5) is 80.2. The third-order valence-electron chi connectivity index (χ3n) is 12.7. The normalized spacial score (nSPS) is 17.9.